The summed E-state index contributed by atoms with van der Waals surface area (Å²) >= 11 is 0. The second kappa shape index (κ2) is 11.3. The molecule has 0 bridgehead atoms. The monoisotopic (exact) mass is 493 g/mol. The van der Waals surface area contributed by atoms with Crippen LogP contribution in [-0.4, -0.2) is 55.1 Å². The summed E-state index contributed by atoms with van der Waals surface area (Å²) in [6, 6.07) is 13.3. The summed E-state index contributed by atoms with van der Waals surface area (Å²) in [5.74, 6) is 0.487. The molecule has 2 aliphatic rings. The molecule has 2 aromatic rings. The third kappa shape index (κ3) is 6.08. The zero-order chi connectivity index (χ0) is 25.7. The van der Waals surface area contributed by atoms with E-state index in [0.29, 0.717) is 37.6 Å². The molecular formula is C27H35N5O4. The summed E-state index contributed by atoms with van der Waals surface area (Å²) < 4.78 is 11.2. The standard InChI is InChI=1S/C27H35N5O4/c1-18(2)17-36-25(33)16-31-15-20-9-10-21(14-22(20)30-27(31)29)35-13-11-24(26(28)34)32-12-5-7-19-6-3-4-8-23(19)32/h3-4,6,8-10,14,18,24H,5,7,11-13,15-17H2,1-2H3,(H2,28,34)(H2,29,30). The number of hydrogen-bond acceptors (Lipinski definition) is 8. The lowest BCUT2D eigenvalue weighted by molar-refractivity contribution is -0.145. The van der Waals surface area contributed by atoms with E-state index in [1.165, 1.54) is 5.56 Å². The maximum atomic E-state index is 12.3. The fraction of sp³-hybridized carbons (Fsp3) is 0.444. The van der Waals surface area contributed by atoms with Gasteiger partial charge in [-0.25, -0.2) is 4.99 Å². The van der Waals surface area contributed by atoms with Gasteiger partial charge in [0.1, 0.15) is 18.3 Å². The lowest BCUT2D eigenvalue weighted by Crippen LogP contribution is -2.48. The zero-order valence-electron chi connectivity index (χ0n) is 21.0. The Bertz CT molecular complexity index is 1130. The van der Waals surface area contributed by atoms with Crippen LogP contribution >= 0.6 is 0 Å². The van der Waals surface area contributed by atoms with Gasteiger partial charge in [0, 0.05) is 31.3 Å². The molecule has 0 aromatic heterocycles. The van der Waals surface area contributed by atoms with Crippen LogP contribution in [0.5, 0.6) is 5.75 Å². The molecule has 192 valence electrons. The SMILES string of the molecule is CC(C)COC(=O)CN1Cc2ccc(OCCC(C(N)=O)N3CCCc4ccccc43)cc2N=C1N. The predicted octanol–water partition coefficient (Wildman–Crippen LogP) is 2.72. The van der Waals surface area contributed by atoms with Crippen molar-refractivity contribution in [3.8, 4) is 5.75 Å². The van der Waals surface area contributed by atoms with Crippen molar-refractivity contribution in [1.82, 2.24) is 4.90 Å². The molecule has 0 saturated carbocycles. The van der Waals surface area contributed by atoms with Crippen molar-refractivity contribution in [3.05, 3.63) is 53.6 Å². The van der Waals surface area contributed by atoms with Crippen LogP contribution < -0.4 is 21.1 Å². The average molecular weight is 494 g/mol. The Morgan fingerprint density at radius 1 is 1.14 bits per heavy atom. The van der Waals surface area contributed by atoms with Crippen LogP contribution in [0.4, 0.5) is 11.4 Å². The van der Waals surface area contributed by atoms with Gasteiger partial charge in [-0.2, -0.15) is 0 Å². The lowest BCUT2D eigenvalue weighted by atomic mass is 9.99. The summed E-state index contributed by atoms with van der Waals surface area (Å²) in [4.78, 5) is 32.7. The molecular weight excluding hydrogens is 458 g/mol. The Kier molecular flexibility index (Phi) is 7.97. The molecule has 9 heteroatoms. The van der Waals surface area contributed by atoms with E-state index in [0.717, 1.165) is 30.6 Å². The number of anilines is 1. The second-order valence-corrected chi connectivity index (χ2v) is 9.67. The number of para-hydroxylation sites is 1. The van der Waals surface area contributed by atoms with Crippen molar-refractivity contribution in [3.63, 3.8) is 0 Å². The number of benzene rings is 2. The van der Waals surface area contributed by atoms with Crippen LogP contribution in [0, 0.1) is 5.92 Å². The Morgan fingerprint density at radius 3 is 2.72 bits per heavy atom. The van der Waals surface area contributed by atoms with Gasteiger partial charge < -0.3 is 30.7 Å². The summed E-state index contributed by atoms with van der Waals surface area (Å²) in [5, 5.41) is 0. The minimum Gasteiger partial charge on any atom is -0.493 e. The first-order valence-electron chi connectivity index (χ1n) is 12.5. The number of aryl methyl sites for hydroxylation is 1. The van der Waals surface area contributed by atoms with Crippen LogP contribution in [-0.2, 0) is 27.3 Å². The number of carbonyl (C=O) groups excluding carboxylic acids is 2. The molecule has 0 spiro atoms. The van der Waals surface area contributed by atoms with E-state index in [1.54, 1.807) is 4.90 Å². The van der Waals surface area contributed by atoms with E-state index in [-0.39, 0.29) is 30.3 Å². The van der Waals surface area contributed by atoms with E-state index >= 15 is 0 Å². The summed E-state index contributed by atoms with van der Waals surface area (Å²) in [6.07, 6.45) is 2.46. The molecule has 0 fully saturated rings. The van der Waals surface area contributed by atoms with Crippen LogP contribution in [0.25, 0.3) is 0 Å². The molecule has 1 atom stereocenters. The molecule has 2 aromatic carbocycles. The topological polar surface area (TPSA) is 123 Å². The Labute approximate surface area is 212 Å². The van der Waals surface area contributed by atoms with E-state index in [4.69, 9.17) is 20.9 Å². The fourth-order valence-electron chi connectivity index (χ4n) is 4.58. The largest absolute Gasteiger partial charge is 0.493 e. The van der Waals surface area contributed by atoms with Gasteiger partial charge in [0.25, 0.3) is 0 Å². The van der Waals surface area contributed by atoms with Gasteiger partial charge in [-0.15, -0.1) is 0 Å². The highest BCUT2D eigenvalue weighted by atomic mass is 16.5. The molecule has 0 saturated heterocycles. The zero-order valence-corrected chi connectivity index (χ0v) is 21.0. The smallest absolute Gasteiger partial charge is 0.325 e. The number of rotatable bonds is 10. The van der Waals surface area contributed by atoms with Crippen LogP contribution in [0.2, 0.25) is 0 Å². The molecule has 36 heavy (non-hydrogen) atoms. The van der Waals surface area contributed by atoms with Gasteiger partial charge in [-0.3, -0.25) is 9.59 Å². The van der Waals surface area contributed by atoms with Gasteiger partial charge in [0.05, 0.1) is 18.9 Å². The number of carbonyl (C=O) groups is 2. The number of ether oxygens (including phenoxy) is 2. The number of amides is 1. The first-order valence-corrected chi connectivity index (χ1v) is 12.5. The number of guanidine groups is 1. The molecule has 4 rings (SSSR count). The third-order valence-electron chi connectivity index (χ3n) is 6.39. The van der Waals surface area contributed by atoms with Gasteiger partial charge in [0.2, 0.25) is 5.91 Å². The molecule has 1 amide bonds. The van der Waals surface area contributed by atoms with Crippen molar-refractivity contribution in [2.24, 2.45) is 22.4 Å². The quantitative estimate of drug-likeness (QED) is 0.488. The first-order chi connectivity index (χ1) is 17.3. The highest BCUT2D eigenvalue weighted by molar-refractivity contribution is 5.87. The number of esters is 1. The Morgan fingerprint density at radius 2 is 1.94 bits per heavy atom. The predicted molar refractivity (Wildman–Crippen MR) is 139 cm³/mol. The van der Waals surface area contributed by atoms with Gasteiger partial charge in [-0.05, 0) is 42.0 Å². The van der Waals surface area contributed by atoms with E-state index < -0.39 is 6.04 Å². The Balaban J connectivity index is 1.36. The molecule has 4 N–H and O–H groups in total. The molecule has 2 aliphatic heterocycles. The van der Waals surface area contributed by atoms with Gasteiger partial charge in [-0.1, -0.05) is 38.1 Å². The normalized spacial score (nSPS) is 15.6. The van der Waals surface area contributed by atoms with Gasteiger partial charge in [0.15, 0.2) is 5.96 Å². The molecule has 0 aliphatic carbocycles. The third-order valence-corrected chi connectivity index (χ3v) is 6.39. The number of fused-ring (bicyclic) bond motifs is 2. The fourth-order valence-corrected chi connectivity index (χ4v) is 4.58. The van der Waals surface area contributed by atoms with Crippen LogP contribution in [0.3, 0.4) is 0 Å². The number of nitrogens with zero attached hydrogens (tertiary/aromatic N) is 3. The van der Waals surface area contributed by atoms with Crippen LogP contribution in [0.15, 0.2) is 47.5 Å². The van der Waals surface area contributed by atoms with Crippen LogP contribution in [0.1, 0.15) is 37.8 Å². The number of nitrogens with two attached hydrogens (primary N) is 2. The second-order valence-electron chi connectivity index (χ2n) is 9.67. The molecule has 1 unspecified atom stereocenters. The van der Waals surface area contributed by atoms with Crippen molar-refractivity contribution < 1.29 is 19.1 Å². The lowest BCUT2D eigenvalue weighted by Gasteiger charge is -2.36. The number of primary amides is 1. The average Bonchev–Trinajstić information content (AvgIpc) is 2.85. The number of aliphatic imine (C=N–C) groups is 1. The highest BCUT2D eigenvalue weighted by Crippen LogP contribution is 2.31. The van der Waals surface area contributed by atoms with Crippen molar-refractivity contribution >= 4 is 29.2 Å². The van der Waals surface area contributed by atoms with E-state index in [1.807, 2.05) is 50.2 Å². The van der Waals surface area contributed by atoms with E-state index in [9.17, 15) is 9.59 Å². The van der Waals surface area contributed by atoms with Crippen molar-refractivity contribution in [2.75, 3.05) is 31.2 Å². The number of hydrogen-bond donors (Lipinski definition) is 2. The minimum atomic E-state index is -0.443. The minimum absolute atomic E-state index is 0.0495. The highest BCUT2D eigenvalue weighted by Gasteiger charge is 2.28. The molecule has 2 heterocycles. The maximum absolute atomic E-state index is 12.3. The summed E-state index contributed by atoms with van der Waals surface area (Å²) in [6.45, 7) is 5.98. The van der Waals surface area contributed by atoms with Crippen molar-refractivity contribution in [1.29, 1.82) is 0 Å². The van der Waals surface area contributed by atoms with Crippen molar-refractivity contribution in [2.45, 2.75) is 45.7 Å². The summed E-state index contributed by atoms with van der Waals surface area (Å²) in [5.41, 5.74) is 15.9. The summed E-state index contributed by atoms with van der Waals surface area (Å²) in [7, 11) is 0. The maximum Gasteiger partial charge on any atom is 0.325 e. The van der Waals surface area contributed by atoms with E-state index in [2.05, 4.69) is 16.0 Å². The molecule has 9 nitrogen and oxygen atoms in total. The Hall–Kier alpha value is -3.75. The first kappa shape index (κ1) is 25.3. The molecule has 0 radical (unpaired) electrons. The van der Waals surface area contributed by atoms with Gasteiger partial charge >= 0.3 is 5.97 Å².